The van der Waals surface area contributed by atoms with Gasteiger partial charge >= 0.3 is 0 Å². The molecule has 0 saturated carbocycles. The van der Waals surface area contributed by atoms with Gasteiger partial charge in [0, 0.05) is 19.0 Å². The van der Waals surface area contributed by atoms with E-state index < -0.39 is 11.7 Å². The van der Waals surface area contributed by atoms with Crippen molar-refractivity contribution in [3.63, 3.8) is 0 Å². The molecule has 5 nitrogen and oxygen atoms in total. The first-order valence-corrected chi connectivity index (χ1v) is 8.96. The fraction of sp³-hybridized carbons (Fsp3) is 0.333. The summed E-state index contributed by atoms with van der Waals surface area (Å²) in [6, 6.07) is 7.54. The largest absolute Gasteiger partial charge is 0.456 e. The van der Waals surface area contributed by atoms with E-state index in [2.05, 4.69) is 16.7 Å². The summed E-state index contributed by atoms with van der Waals surface area (Å²) in [5, 5.41) is 5.53. The van der Waals surface area contributed by atoms with Crippen LogP contribution in [0.1, 0.15) is 39.9 Å². The van der Waals surface area contributed by atoms with Gasteiger partial charge in [-0.1, -0.05) is 6.07 Å². The van der Waals surface area contributed by atoms with Crippen LogP contribution in [-0.2, 0) is 4.79 Å². The molecule has 2 aromatic carbocycles. The summed E-state index contributed by atoms with van der Waals surface area (Å²) in [5.74, 6) is -0.169. The van der Waals surface area contributed by atoms with Gasteiger partial charge in [-0.15, -0.1) is 0 Å². The van der Waals surface area contributed by atoms with Crippen LogP contribution < -0.4 is 15.4 Å². The lowest BCUT2D eigenvalue weighted by molar-refractivity contribution is -0.122. The molecule has 0 aromatic heterocycles. The van der Waals surface area contributed by atoms with E-state index in [-0.39, 0.29) is 29.7 Å². The van der Waals surface area contributed by atoms with Crippen molar-refractivity contribution in [2.45, 2.75) is 39.7 Å². The minimum atomic E-state index is -0.522. The molecule has 2 aromatic rings. The van der Waals surface area contributed by atoms with Crippen molar-refractivity contribution in [3.8, 4) is 11.5 Å². The van der Waals surface area contributed by atoms with Crippen LogP contribution in [0.3, 0.4) is 0 Å². The molecule has 2 amide bonds. The van der Waals surface area contributed by atoms with Crippen LogP contribution in [0.4, 0.5) is 4.39 Å². The third kappa shape index (κ3) is 4.45. The summed E-state index contributed by atoms with van der Waals surface area (Å²) in [6.45, 7) is 6.40. The average molecular weight is 370 g/mol. The predicted octanol–water partition coefficient (Wildman–Crippen LogP) is 3.55. The lowest BCUT2D eigenvalue weighted by Crippen LogP contribution is -2.45. The molecular formula is C21H23FN2O3. The second-order valence-electron chi connectivity index (χ2n) is 6.96. The lowest BCUT2D eigenvalue weighted by Gasteiger charge is -2.23. The third-order valence-corrected chi connectivity index (χ3v) is 4.75. The van der Waals surface area contributed by atoms with Gasteiger partial charge in [0.25, 0.3) is 5.91 Å². The molecule has 3 rings (SSSR count). The van der Waals surface area contributed by atoms with E-state index >= 15 is 0 Å². The normalized spacial score (nSPS) is 16.6. The molecule has 1 fully saturated rings. The summed E-state index contributed by atoms with van der Waals surface area (Å²) in [6.07, 6.45) is 0.854. The van der Waals surface area contributed by atoms with Crippen LogP contribution in [-0.4, -0.2) is 24.4 Å². The SMILES string of the molecule is Cc1cc(C)c(C)c(Oc2ccc(F)cc2C(=O)NC2CCNC(=O)C2)c1. The van der Waals surface area contributed by atoms with Crippen molar-refractivity contribution in [2.75, 3.05) is 6.54 Å². The number of aryl methyl sites for hydroxylation is 2. The highest BCUT2D eigenvalue weighted by Gasteiger charge is 2.23. The summed E-state index contributed by atoms with van der Waals surface area (Å²) < 4.78 is 19.8. The Labute approximate surface area is 157 Å². The number of amides is 2. The van der Waals surface area contributed by atoms with Crippen molar-refractivity contribution in [1.29, 1.82) is 0 Å². The summed E-state index contributed by atoms with van der Waals surface area (Å²) in [5.41, 5.74) is 3.18. The minimum absolute atomic E-state index is 0.104. The topological polar surface area (TPSA) is 67.4 Å². The maximum Gasteiger partial charge on any atom is 0.255 e. The van der Waals surface area contributed by atoms with Gasteiger partial charge < -0.3 is 15.4 Å². The number of hydrogen-bond acceptors (Lipinski definition) is 3. The average Bonchev–Trinajstić information content (AvgIpc) is 2.60. The maximum atomic E-state index is 13.8. The Morgan fingerprint density at radius 3 is 2.70 bits per heavy atom. The van der Waals surface area contributed by atoms with E-state index in [1.165, 1.54) is 12.1 Å². The quantitative estimate of drug-likeness (QED) is 0.865. The smallest absolute Gasteiger partial charge is 0.255 e. The lowest BCUT2D eigenvalue weighted by atomic mass is 10.0. The van der Waals surface area contributed by atoms with Crippen LogP contribution in [0.25, 0.3) is 0 Å². The second-order valence-corrected chi connectivity index (χ2v) is 6.96. The van der Waals surface area contributed by atoms with E-state index in [0.717, 1.165) is 22.8 Å². The first kappa shape index (κ1) is 18.9. The van der Waals surface area contributed by atoms with Gasteiger partial charge in [-0.2, -0.15) is 0 Å². The number of carbonyl (C=O) groups is 2. The maximum absolute atomic E-state index is 13.8. The standard InChI is InChI=1S/C21H23FN2O3/c1-12-8-13(2)14(3)19(9-12)27-18-5-4-15(22)10-17(18)21(26)24-16-6-7-23-20(25)11-16/h4-5,8-10,16H,6-7,11H2,1-3H3,(H,23,25)(H,24,26). The zero-order chi connectivity index (χ0) is 19.6. The molecular weight excluding hydrogens is 347 g/mol. The van der Waals surface area contributed by atoms with Gasteiger partial charge in [-0.3, -0.25) is 9.59 Å². The summed E-state index contributed by atoms with van der Waals surface area (Å²) in [7, 11) is 0. The number of rotatable bonds is 4. The van der Waals surface area contributed by atoms with Gasteiger partial charge in [0.15, 0.2) is 0 Å². The van der Waals surface area contributed by atoms with Crippen molar-refractivity contribution < 1.29 is 18.7 Å². The molecule has 1 heterocycles. The number of halogens is 1. The van der Waals surface area contributed by atoms with Crippen molar-refractivity contribution >= 4 is 11.8 Å². The van der Waals surface area contributed by atoms with Crippen LogP contribution in [0.15, 0.2) is 30.3 Å². The molecule has 1 aliphatic rings. The Morgan fingerprint density at radius 2 is 1.96 bits per heavy atom. The Balaban J connectivity index is 1.87. The van der Waals surface area contributed by atoms with Gasteiger partial charge in [0.2, 0.25) is 5.91 Å². The molecule has 142 valence electrons. The Kier molecular flexibility index (Phi) is 5.44. The Hall–Kier alpha value is -2.89. The highest BCUT2D eigenvalue weighted by Crippen LogP contribution is 2.31. The Bertz CT molecular complexity index is 895. The van der Waals surface area contributed by atoms with Gasteiger partial charge in [0.1, 0.15) is 17.3 Å². The van der Waals surface area contributed by atoms with E-state index in [4.69, 9.17) is 4.74 Å². The van der Waals surface area contributed by atoms with E-state index in [1.54, 1.807) is 0 Å². The number of piperidine rings is 1. The molecule has 6 heteroatoms. The molecule has 1 unspecified atom stereocenters. The van der Waals surface area contributed by atoms with Crippen LogP contribution in [0.5, 0.6) is 11.5 Å². The molecule has 0 aliphatic carbocycles. The molecule has 2 N–H and O–H groups in total. The van der Waals surface area contributed by atoms with Crippen molar-refractivity contribution in [3.05, 3.63) is 58.4 Å². The molecule has 1 atom stereocenters. The zero-order valence-corrected chi connectivity index (χ0v) is 15.7. The summed E-state index contributed by atoms with van der Waals surface area (Å²) in [4.78, 5) is 24.2. The Morgan fingerprint density at radius 1 is 1.19 bits per heavy atom. The molecule has 1 saturated heterocycles. The number of nitrogens with one attached hydrogen (secondary N) is 2. The van der Waals surface area contributed by atoms with Gasteiger partial charge in [0.05, 0.1) is 5.56 Å². The van der Waals surface area contributed by atoms with Crippen LogP contribution in [0.2, 0.25) is 0 Å². The number of benzene rings is 2. The fourth-order valence-electron chi connectivity index (χ4n) is 3.16. The number of hydrogen-bond donors (Lipinski definition) is 2. The molecule has 27 heavy (non-hydrogen) atoms. The monoisotopic (exact) mass is 370 g/mol. The number of carbonyl (C=O) groups excluding carboxylic acids is 2. The van der Waals surface area contributed by atoms with Crippen LogP contribution >= 0.6 is 0 Å². The zero-order valence-electron chi connectivity index (χ0n) is 15.7. The molecule has 0 radical (unpaired) electrons. The van der Waals surface area contributed by atoms with Gasteiger partial charge in [-0.05, 0) is 68.1 Å². The van der Waals surface area contributed by atoms with Crippen molar-refractivity contribution in [2.24, 2.45) is 0 Å². The minimum Gasteiger partial charge on any atom is -0.456 e. The van der Waals surface area contributed by atoms with Crippen LogP contribution in [0, 0.1) is 26.6 Å². The first-order chi connectivity index (χ1) is 12.8. The van der Waals surface area contributed by atoms with Gasteiger partial charge in [-0.25, -0.2) is 4.39 Å². The highest BCUT2D eigenvalue weighted by molar-refractivity contribution is 5.97. The third-order valence-electron chi connectivity index (χ3n) is 4.75. The molecule has 0 spiro atoms. The predicted molar refractivity (Wildman–Crippen MR) is 101 cm³/mol. The molecule has 1 aliphatic heterocycles. The highest BCUT2D eigenvalue weighted by atomic mass is 19.1. The summed E-state index contributed by atoms with van der Waals surface area (Å²) >= 11 is 0. The van der Waals surface area contributed by atoms with Crippen molar-refractivity contribution in [1.82, 2.24) is 10.6 Å². The van der Waals surface area contributed by atoms with E-state index in [1.807, 2.05) is 26.8 Å². The number of ether oxygens (including phenoxy) is 1. The van der Waals surface area contributed by atoms with E-state index in [9.17, 15) is 14.0 Å². The second kappa shape index (κ2) is 7.78. The first-order valence-electron chi connectivity index (χ1n) is 8.96. The fourth-order valence-corrected chi connectivity index (χ4v) is 3.16. The van der Waals surface area contributed by atoms with E-state index in [0.29, 0.717) is 18.7 Å². The molecule has 0 bridgehead atoms.